The molecule has 6 nitrogen and oxygen atoms in total. The summed E-state index contributed by atoms with van der Waals surface area (Å²) in [6.07, 6.45) is 1.36. The number of carbonyl (C=O) groups excluding carboxylic acids is 1. The third-order valence-corrected chi connectivity index (χ3v) is 4.03. The number of carbonyl (C=O) groups is 1. The highest BCUT2D eigenvalue weighted by atomic mass is 127. The van der Waals surface area contributed by atoms with Crippen LogP contribution in [-0.4, -0.2) is 42.9 Å². The second-order valence-corrected chi connectivity index (χ2v) is 5.67. The molecule has 2 N–H and O–H groups in total. The second-order valence-electron chi connectivity index (χ2n) is 5.67. The van der Waals surface area contributed by atoms with Gasteiger partial charge in [-0.05, 0) is 24.6 Å². The number of aliphatic imine (C=N–C) groups is 1. The average Bonchev–Trinajstić information content (AvgIpc) is 3.07. The zero-order chi connectivity index (χ0) is 17.5. The van der Waals surface area contributed by atoms with Crippen LogP contribution in [0.4, 0.5) is 4.39 Å². The lowest BCUT2D eigenvalue weighted by molar-refractivity contribution is -0.129. The third kappa shape index (κ3) is 5.85. The zero-order valence-corrected chi connectivity index (χ0v) is 16.7. The van der Waals surface area contributed by atoms with E-state index in [1.54, 1.807) is 7.05 Å². The van der Waals surface area contributed by atoms with Crippen molar-refractivity contribution in [1.29, 1.82) is 5.26 Å². The highest BCUT2D eigenvalue weighted by Crippen LogP contribution is 2.11. The molecular weight excluding hydrogens is 436 g/mol. The fraction of sp³-hybridized carbons (Fsp3) is 0.471. The Morgan fingerprint density at radius 3 is 2.92 bits per heavy atom. The van der Waals surface area contributed by atoms with Crippen molar-refractivity contribution in [3.05, 3.63) is 35.1 Å². The van der Waals surface area contributed by atoms with Crippen LogP contribution in [0.5, 0.6) is 0 Å². The normalized spacial score (nSPS) is 16.8. The van der Waals surface area contributed by atoms with Gasteiger partial charge in [0.15, 0.2) is 5.96 Å². The molecule has 0 spiro atoms. The fourth-order valence-electron chi connectivity index (χ4n) is 2.67. The molecule has 0 saturated carbocycles. The van der Waals surface area contributed by atoms with Crippen LogP contribution in [0.25, 0.3) is 0 Å². The summed E-state index contributed by atoms with van der Waals surface area (Å²) in [6.45, 7) is 3.46. The van der Waals surface area contributed by atoms with E-state index in [0.717, 1.165) is 13.0 Å². The van der Waals surface area contributed by atoms with Gasteiger partial charge in [-0.1, -0.05) is 6.92 Å². The Kier molecular flexibility index (Phi) is 8.61. The van der Waals surface area contributed by atoms with E-state index < -0.39 is 0 Å². The van der Waals surface area contributed by atoms with E-state index >= 15 is 0 Å². The molecule has 8 heteroatoms. The van der Waals surface area contributed by atoms with E-state index in [4.69, 9.17) is 5.26 Å². The van der Waals surface area contributed by atoms with Gasteiger partial charge in [-0.2, -0.15) is 5.26 Å². The topological polar surface area (TPSA) is 80.5 Å². The van der Waals surface area contributed by atoms with Crippen molar-refractivity contribution in [2.24, 2.45) is 4.99 Å². The molecule has 0 aliphatic carbocycles. The average molecular weight is 459 g/mol. The molecule has 2 rings (SSSR count). The number of likely N-dealkylation sites (tertiary alicyclic amines) is 1. The van der Waals surface area contributed by atoms with Crippen LogP contribution in [0.15, 0.2) is 23.2 Å². The van der Waals surface area contributed by atoms with Gasteiger partial charge in [-0.25, -0.2) is 4.39 Å². The maximum absolute atomic E-state index is 13.8. The lowest BCUT2D eigenvalue weighted by Crippen LogP contribution is -2.44. The van der Waals surface area contributed by atoms with Crippen molar-refractivity contribution < 1.29 is 9.18 Å². The van der Waals surface area contributed by atoms with Gasteiger partial charge < -0.3 is 15.5 Å². The summed E-state index contributed by atoms with van der Waals surface area (Å²) >= 11 is 0. The van der Waals surface area contributed by atoms with Crippen LogP contribution in [0, 0.1) is 17.1 Å². The van der Waals surface area contributed by atoms with E-state index in [9.17, 15) is 9.18 Å². The number of benzene rings is 1. The third-order valence-electron chi connectivity index (χ3n) is 4.03. The van der Waals surface area contributed by atoms with Crippen molar-refractivity contribution in [3.63, 3.8) is 0 Å². The molecule has 1 saturated heterocycles. The summed E-state index contributed by atoms with van der Waals surface area (Å²) in [5.41, 5.74) is 0.826. The van der Waals surface area contributed by atoms with Crippen LogP contribution < -0.4 is 10.6 Å². The minimum absolute atomic E-state index is 0. The quantitative estimate of drug-likeness (QED) is 0.410. The van der Waals surface area contributed by atoms with Crippen molar-refractivity contribution in [2.45, 2.75) is 32.4 Å². The highest BCUT2D eigenvalue weighted by Gasteiger charge is 2.25. The SMILES string of the molecule is CCC(=O)N1CCC(NC(=NC)NCc2cc(C#N)ccc2F)C1.I. The van der Waals surface area contributed by atoms with Crippen molar-refractivity contribution in [1.82, 2.24) is 15.5 Å². The Morgan fingerprint density at radius 1 is 1.52 bits per heavy atom. The molecule has 1 amide bonds. The van der Waals surface area contributed by atoms with Crippen molar-refractivity contribution in [2.75, 3.05) is 20.1 Å². The number of amides is 1. The molecule has 1 fully saturated rings. The summed E-state index contributed by atoms with van der Waals surface area (Å²) in [4.78, 5) is 17.7. The number of nitriles is 1. The van der Waals surface area contributed by atoms with E-state index in [1.807, 2.05) is 17.9 Å². The summed E-state index contributed by atoms with van der Waals surface area (Å²) in [5.74, 6) is 0.336. The minimum Gasteiger partial charge on any atom is -0.352 e. The van der Waals surface area contributed by atoms with E-state index in [1.165, 1.54) is 18.2 Å². The summed E-state index contributed by atoms with van der Waals surface area (Å²) < 4.78 is 13.8. The molecule has 0 radical (unpaired) electrons. The van der Waals surface area contributed by atoms with Crippen LogP contribution in [-0.2, 0) is 11.3 Å². The largest absolute Gasteiger partial charge is 0.352 e. The van der Waals surface area contributed by atoms with Crippen LogP contribution in [0.1, 0.15) is 30.9 Å². The monoisotopic (exact) mass is 459 g/mol. The van der Waals surface area contributed by atoms with E-state index in [0.29, 0.717) is 30.1 Å². The minimum atomic E-state index is -0.363. The van der Waals surface area contributed by atoms with Crippen LogP contribution in [0.3, 0.4) is 0 Å². The molecule has 1 heterocycles. The summed E-state index contributed by atoms with van der Waals surface area (Å²) in [6, 6.07) is 6.38. The predicted octanol–water partition coefficient (Wildman–Crippen LogP) is 1.99. The lowest BCUT2D eigenvalue weighted by atomic mass is 10.1. The Morgan fingerprint density at radius 2 is 2.28 bits per heavy atom. The van der Waals surface area contributed by atoms with Gasteiger partial charge in [-0.15, -0.1) is 24.0 Å². The molecule has 0 bridgehead atoms. The molecule has 1 aliphatic rings. The Hall–Kier alpha value is -1.89. The molecule has 1 aliphatic heterocycles. The standard InChI is InChI=1S/C17H22FN5O.HI/c1-3-16(24)23-7-6-14(11-23)22-17(20-2)21-10-13-8-12(9-19)4-5-15(13)18;/h4-5,8,14H,3,6-7,10-11H2,1-2H3,(H2,20,21,22);1H. The molecule has 136 valence electrons. The summed E-state index contributed by atoms with van der Waals surface area (Å²) in [7, 11) is 1.64. The Balaban J connectivity index is 0.00000312. The number of guanidine groups is 1. The van der Waals surface area contributed by atoms with Gasteiger partial charge >= 0.3 is 0 Å². The molecular formula is C17H23FIN5O. The molecule has 1 aromatic carbocycles. The molecule has 1 unspecified atom stereocenters. The zero-order valence-electron chi connectivity index (χ0n) is 14.4. The van der Waals surface area contributed by atoms with E-state index in [-0.39, 0.29) is 48.3 Å². The van der Waals surface area contributed by atoms with Gasteiger partial charge in [0.05, 0.1) is 11.6 Å². The smallest absolute Gasteiger partial charge is 0.222 e. The van der Waals surface area contributed by atoms with Gasteiger partial charge in [-0.3, -0.25) is 9.79 Å². The molecule has 1 aromatic rings. The number of hydrogen-bond donors (Lipinski definition) is 2. The molecule has 1 atom stereocenters. The maximum Gasteiger partial charge on any atom is 0.222 e. The van der Waals surface area contributed by atoms with Gasteiger partial charge in [0.2, 0.25) is 5.91 Å². The highest BCUT2D eigenvalue weighted by molar-refractivity contribution is 14.0. The lowest BCUT2D eigenvalue weighted by Gasteiger charge is -2.19. The number of nitrogens with zero attached hydrogens (tertiary/aromatic N) is 3. The van der Waals surface area contributed by atoms with E-state index in [2.05, 4.69) is 15.6 Å². The Labute approximate surface area is 164 Å². The summed E-state index contributed by atoms with van der Waals surface area (Å²) in [5, 5.41) is 15.2. The van der Waals surface area contributed by atoms with Crippen molar-refractivity contribution in [3.8, 4) is 6.07 Å². The molecule has 25 heavy (non-hydrogen) atoms. The second kappa shape index (κ2) is 10.2. The van der Waals surface area contributed by atoms with Gasteiger partial charge in [0.1, 0.15) is 5.82 Å². The van der Waals surface area contributed by atoms with Crippen molar-refractivity contribution >= 4 is 35.8 Å². The maximum atomic E-state index is 13.8. The number of hydrogen-bond acceptors (Lipinski definition) is 3. The van der Waals surface area contributed by atoms with Gasteiger partial charge in [0, 0.05) is 44.7 Å². The first kappa shape index (κ1) is 21.2. The van der Waals surface area contributed by atoms with Gasteiger partial charge in [0.25, 0.3) is 0 Å². The number of halogens is 2. The first-order chi connectivity index (χ1) is 11.6. The van der Waals surface area contributed by atoms with Crippen LogP contribution >= 0.6 is 24.0 Å². The first-order valence-electron chi connectivity index (χ1n) is 8.00. The predicted molar refractivity (Wildman–Crippen MR) is 105 cm³/mol. The molecule has 0 aromatic heterocycles. The van der Waals surface area contributed by atoms with Crippen LogP contribution in [0.2, 0.25) is 0 Å². The first-order valence-corrected chi connectivity index (χ1v) is 8.00. The fourth-order valence-corrected chi connectivity index (χ4v) is 2.67. The number of rotatable bonds is 4. The Bertz CT molecular complexity index is 673. The number of nitrogens with one attached hydrogen (secondary N) is 2.